The third-order valence-electron chi connectivity index (χ3n) is 2.71. The number of carbonyl (C=O) groups excluding carboxylic acids is 1. The topological polar surface area (TPSA) is 68.0 Å². The average molecular weight is 275 g/mol. The van der Waals surface area contributed by atoms with E-state index in [1.165, 1.54) is 0 Å². The van der Waals surface area contributed by atoms with Crippen LogP contribution in [0.4, 0.5) is 0 Å². The highest BCUT2D eigenvalue weighted by Gasteiger charge is 2.13. The molecule has 0 aliphatic carbocycles. The molecule has 2 aromatic rings. The summed E-state index contributed by atoms with van der Waals surface area (Å²) in [5.41, 5.74) is 7.38. The zero-order valence-corrected chi connectivity index (χ0v) is 11.6. The van der Waals surface area contributed by atoms with Crippen LogP contribution < -0.4 is 11.1 Å². The molecule has 0 aliphatic rings. The molecule has 1 amide bonds. The lowest BCUT2D eigenvalue weighted by Crippen LogP contribution is -2.28. The summed E-state index contributed by atoms with van der Waals surface area (Å²) in [6.07, 6.45) is 0.348. The number of carbonyl (C=O) groups is 1. The van der Waals surface area contributed by atoms with Crippen molar-refractivity contribution in [2.24, 2.45) is 5.73 Å². The van der Waals surface area contributed by atoms with Gasteiger partial charge >= 0.3 is 0 Å². The highest BCUT2D eigenvalue weighted by molar-refractivity contribution is 7.10. The molecule has 100 valence electrons. The Morgan fingerprint density at radius 1 is 1.42 bits per heavy atom. The summed E-state index contributed by atoms with van der Waals surface area (Å²) in [7, 11) is 0. The van der Waals surface area contributed by atoms with Gasteiger partial charge in [0.15, 0.2) is 0 Å². The first-order valence-electron chi connectivity index (χ1n) is 6.21. The third-order valence-corrected chi connectivity index (χ3v) is 3.74. The number of nitrogens with zero attached hydrogens (tertiary/aromatic N) is 1. The zero-order valence-electron chi connectivity index (χ0n) is 10.8. The summed E-state index contributed by atoms with van der Waals surface area (Å²) in [4.78, 5) is 16.1. The van der Waals surface area contributed by atoms with Crippen molar-refractivity contribution in [3.05, 3.63) is 40.7 Å². The smallest absolute Gasteiger partial charge is 0.221 e. The van der Waals surface area contributed by atoms with Gasteiger partial charge in [-0.1, -0.05) is 30.3 Å². The standard InChI is InChI=1S/C14H17N3OS/c1-10(16-13(18)7-8-15)14-17-12(9-19-14)11-5-3-2-4-6-11/h2-6,9-10H,7-8,15H2,1H3,(H,16,18). The first kappa shape index (κ1) is 13.7. The van der Waals surface area contributed by atoms with Crippen LogP contribution in [0.1, 0.15) is 24.4 Å². The van der Waals surface area contributed by atoms with E-state index < -0.39 is 0 Å². The van der Waals surface area contributed by atoms with Gasteiger partial charge in [-0.15, -0.1) is 11.3 Å². The number of aromatic nitrogens is 1. The Labute approximate surface area is 116 Å². The van der Waals surface area contributed by atoms with E-state index in [4.69, 9.17) is 5.73 Å². The lowest BCUT2D eigenvalue weighted by molar-refractivity contribution is -0.121. The van der Waals surface area contributed by atoms with Crippen LogP contribution in [0.3, 0.4) is 0 Å². The SMILES string of the molecule is CC(NC(=O)CCN)c1nc(-c2ccccc2)cs1. The number of amides is 1. The minimum absolute atomic E-state index is 0.0357. The van der Waals surface area contributed by atoms with Crippen LogP contribution >= 0.6 is 11.3 Å². The number of thiazole rings is 1. The summed E-state index contributed by atoms with van der Waals surface area (Å²) >= 11 is 1.56. The van der Waals surface area contributed by atoms with Crippen LogP contribution in [0.5, 0.6) is 0 Å². The molecule has 0 saturated heterocycles. The van der Waals surface area contributed by atoms with Crippen molar-refractivity contribution in [2.45, 2.75) is 19.4 Å². The van der Waals surface area contributed by atoms with Crippen LogP contribution in [0.25, 0.3) is 11.3 Å². The first-order valence-corrected chi connectivity index (χ1v) is 7.09. The molecule has 0 aliphatic heterocycles. The molecule has 1 unspecified atom stereocenters. The summed E-state index contributed by atoms with van der Waals surface area (Å²) in [5, 5.41) is 5.81. The molecule has 0 bridgehead atoms. The van der Waals surface area contributed by atoms with Gasteiger partial charge in [-0.05, 0) is 6.92 Å². The number of nitrogens with one attached hydrogen (secondary N) is 1. The molecule has 1 aromatic heterocycles. The molecule has 1 atom stereocenters. The number of nitrogens with two attached hydrogens (primary N) is 1. The number of hydrogen-bond donors (Lipinski definition) is 2. The van der Waals surface area contributed by atoms with E-state index in [1.54, 1.807) is 11.3 Å². The van der Waals surface area contributed by atoms with Gasteiger partial charge in [-0.25, -0.2) is 4.98 Å². The highest BCUT2D eigenvalue weighted by Crippen LogP contribution is 2.25. The van der Waals surface area contributed by atoms with Crippen LogP contribution in [0.2, 0.25) is 0 Å². The second kappa shape index (κ2) is 6.45. The van der Waals surface area contributed by atoms with Crippen LogP contribution in [-0.2, 0) is 4.79 Å². The first-order chi connectivity index (χ1) is 9.20. The minimum Gasteiger partial charge on any atom is -0.347 e. The molecule has 1 heterocycles. The molecule has 0 saturated carbocycles. The minimum atomic E-state index is -0.0819. The highest BCUT2D eigenvalue weighted by atomic mass is 32.1. The van der Waals surface area contributed by atoms with E-state index in [0.717, 1.165) is 16.3 Å². The second-order valence-corrected chi connectivity index (χ2v) is 5.15. The average Bonchev–Trinajstić information content (AvgIpc) is 2.89. The Kier molecular flexibility index (Phi) is 4.65. The van der Waals surface area contributed by atoms with Crippen molar-refractivity contribution < 1.29 is 4.79 Å². The third kappa shape index (κ3) is 3.62. The number of benzene rings is 1. The molecule has 0 spiro atoms. The van der Waals surface area contributed by atoms with Crippen molar-refractivity contribution in [3.63, 3.8) is 0 Å². The Morgan fingerprint density at radius 2 is 2.16 bits per heavy atom. The van der Waals surface area contributed by atoms with Crippen LogP contribution in [0, 0.1) is 0 Å². The number of hydrogen-bond acceptors (Lipinski definition) is 4. The van der Waals surface area contributed by atoms with E-state index in [9.17, 15) is 4.79 Å². The van der Waals surface area contributed by atoms with Crippen LogP contribution in [0.15, 0.2) is 35.7 Å². The van der Waals surface area contributed by atoms with Crippen LogP contribution in [-0.4, -0.2) is 17.4 Å². The summed E-state index contributed by atoms with van der Waals surface area (Å²) in [5.74, 6) is -0.0357. The van der Waals surface area contributed by atoms with Crippen molar-refractivity contribution in [1.29, 1.82) is 0 Å². The predicted octanol–water partition coefficient (Wildman–Crippen LogP) is 2.34. The summed E-state index contributed by atoms with van der Waals surface area (Å²) in [6.45, 7) is 2.30. The van der Waals surface area contributed by atoms with E-state index >= 15 is 0 Å². The second-order valence-electron chi connectivity index (χ2n) is 4.26. The lowest BCUT2D eigenvalue weighted by atomic mass is 10.2. The molecular formula is C14H17N3OS. The molecule has 0 fully saturated rings. The normalized spacial score (nSPS) is 12.1. The van der Waals surface area contributed by atoms with Gasteiger partial charge < -0.3 is 11.1 Å². The van der Waals surface area contributed by atoms with Gasteiger partial charge in [0, 0.05) is 23.9 Å². The lowest BCUT2D eigenvalue weighted by Gasteiger charge is -2.10. The van der Waals surface area contributed by atoms with Gasteiger partial charge in [0.1, 0.15) is 5.01 Å². The largest absolute Gasteiger partial charge is 0.347 e. The molecule has 5 heteroatoms. The molecule has 4 nitrogen and oxygen atoms in total. The molecule has 1 aromatic carbocycles. The van der Waals surface area contributed by atoms with E-state index in [0.29, 0.717) is 13.0 Å². The Morgan fingerprint density at radius 3 is 2.84 bits per heavy atom. The monoisotopic (exact) mass is 275 g/mol. The zero-order chi connectivity index (χ0) is 13.7. The van der Waals surface area contributed by atoms with Crippen molar-refractivity contribution >= 4 is 17.2 Å². The van der Waals surface area contributed by atoms with E-state index in [2.05, 4.69) is 10.3 Å². The van der Waals surface area contributed by atoms with Gasteiger partial charge in [-0.3, -0.25) is 4.79 Å². The van der Waals surface area contributed by atoms with Crippen molar-refractivity contribution in [1.82, 2.24) is 10.3 Å². The molecule has 0 radical (unpaired) electrons. The summed E-state index contributed by atoms with van der Waals surface area (Å²) < 4.78 is 0. The van der Waals surface area contributed by atoms with Gasteiger partial charge in [0.25, 0.3) is 0 Å². The van der Waals surface area contributed by atoms with Gasteiger partial charge in [-0.2, -0.15) is 0 Å². The number of rotatable bonds is 5. The van der Waals surface area contributed by atoms with E-state index in [1.807, 2.05) is 42.6 Å². The van der Waals surface area contributed by atoms with E-state index in [-0.39, 0.29) is 11.9 Å². The fourth-order valence-corrected chi connectivity index (χ4v) is 2.57. The van der Waals surface area contributed by atoms with Crippen molar-refractivity contribution in [2.75, 3.05) is 6.54 Å². The Hall–Kier alpha value is -1.72. The Balaban J connectivity index is 2.07. The van der Waals surface area contributed by atoms with Gasteiger partial charge in [0.05, 0.1) is 11.7 Å². The molecule has 2 rings (SSSR count). The predicted molar refractivity (Wildman–Crippen MR) is 77.8 cm³/mol. The fourth-order valence-electron chi connectivity index (χ4n) is 1.73. The van der Waals surface area contributed by atoms with Gasteiger partial charge in [0.2, 0.25) is 5.91 Å². The maximum atomic E-state index is 11.5. The molecule has 19 heavy (non-hydrogen) atoms. The van der Waals surface area contributed by atoms with Crippen molar-refractivity contribution in [3.8, 4) is 11.3 Å². The summed E-state index contributed by atoms with van der Waals surface area (Å²) in [6, 6.07) is 9.92. The maximum Gasteiger partial charge on any atom is 0.221 e. The molecule has 3 N–H and O–H groups in total. The molecular weight excluding hydrogens is 258 g/mol. The fraction of sp³-hybridized carbons (Fsp3) is 0.286. The Bertz CT molecular complexity index is 539. The maximum absolute atomic E-state index is 11.5. The quantitative estimate of drug-likeness (QED) is 0.880.